The summed E-state index contributed by atoms with van der Waals surface area (Å²) in [5.74, 6) is 0. The first-order valence-electron chi connectivity index (χ1n) is 37.4. The van der Waals surface area contributed by atoms with E-state index < -0.39 is 0 Å². The van der Waals surface area contributed by atoms with Crippen molar-refractivity contribution in [2.45, 2.75) is 129 Å². The Hall–Kier alpha value is -10.9. The second-order valence-electron chi connectivity index (χ2n) is 33.8. The maximum atomic E-state index is 2.63. The molecule has 0 unspecified atom stereocenters. The maximum absolute atomic E-state index is 2.63. The fraction of sp³-hybridized carbons (Fsp3) is 0.204. The molecule has 0 spiro atoms. The van der Waals surface area contributed by atoms with Gasteiger partial charge in [-0.25, -0.2) is 0 Å². The van der Waals surface area contributed by atoms with Gasteiger partial charge in [0.25, 0.3) is 6.71 Å². The van der Waals surface area contributed by atoms with Gasteiger partial charge < -0.3 is 18.9 Å². The normalized spacial score (nSPS) is 16.0. The first-order chi connectivity index (χ1) is 49.7. The molecule has 0 bridgehead atoms. The van der Waals surface area contributed by atoms with Crippen LogP contribution in [0, 0.1) is 0 Å². The molecule has 13 aromatic carbocycles. The first-order valence-corrected chi connectivity index (χ1v) is 37.4. The van der Waals surface area contributed by atoms with Gasteiger partial charge in [-0.2, -0.15) is 0 Å². The van der Waals surface area contributed by atoms with Crippen molar-refractivity contribution in [1.82, 2.24) is 9.13 Å². The number of aromatic nitrogens is 2. The molecule has 0 fully saturated rings. The molecule has 5 heteroatoms. The highest BCUT2D eigenvalue weighted by Crippen LogP contribution is 2.52. The number of hydrogen-bond donors (Lipinski definition) is 0. The predicted molar refractivity (Wildman–Crippen MR) is 440 cm³/mol. The number of hydrogen-bond acceptors (Lipinski definition) is 2. The first kappa shape index (κ1) is 63.1. The van der Waals surface area contributed by atoms with E-state index >= 15 is 0 Å². The molecule has 15 aromatic rings. The lowest BCUT2D eigenvalue weighted by Crippen LogP contribution is -2.61. The smallest absolute Gasteiger partial charge is 0.252 e. The minimum absolute atomic E-state index is 0.0207. The average molecular weight is 1330 g/mol. The highest BCUT2D eigenvalue weighted by Gasteiger charge is 2.45. The van der Waals surface area contributed by atoms with Gasteiger partial charge in [-0.15, -0.1) is 0 Å². The Morgan fingerprint density at radius 3 is 1.17 bits per heavy atom. The summed E-state index contributed by atoms with van der Waals surface area (Å²) in [7, 11) is 0. The van der Waals surface area contributed by atoms with Crippen LogP contribution >= 0.6 is 0 Å². The van der Waals surface area contributed by atoms with Crippen molar-refractivity contribution in [3.05, 3.63) is 307 Å². The van der Waals surface area contributed by atoms with Crippen molar-refractivity contribution in [3.63, 3.8) is 0 Å². The average Bonchev–Trinajstić information content (AvgIpc) is 1.34. The molecule has 0 amide bonds. The van der Waals surface area contributed by atoms with Gasteiger partial charge in [-0.1, -0.05) is 270 Å². The minimum atomic E-state index is -0.172. The van der Waals surface area contributed by atoms with Gasteiger partial charge in [-0.3, -0.25) is 0 Å². The lowest BCUT2D eigenvalue weighted by molar-refractivity contribution is 0.332. The number of nitrogens with zero attached hydrogens (tertiary/aromatic N) is 4. The molecule has 502 valence electrons. The third kappa shape index (κ3) is 9.99. The van der Waals surface area contributed by atoms with E-state index in [1.165, 1.54) is 164 Å². The quantitative estimate of drug-likeness (QED) is 0.141. The van der Waals surface area contributed by atoms with Crippen LogP contribution in [0.25, 0.3) is 99.5 Å². The van der Waals surface area contributed by atoms with Crippen molar-refractivity contribution in [2.75, 3.05) is 9.80 Å². The van der Waals surface area contributed by atoms with E-state index in [1.54, 1.807) is 0 Å². The maximum Gasteiger partial charge on any atom is 0.252 e. The number of fused-ring (bicyclic) bond motifs is 12. The second-order valence-corrected chi connectivity index (χ2v) is 33.8. The second kappa shape index (κ2) is 22.8. The molecular formula is C98H87BN4. The molecule has 103 heavy (non-hydrogen) atoms. The SMILES string of the molecule is CC(C)(C)c1ccc(-c2ccc3c(c2)B2c4ccc(-n5c6ccccc6c6cc(-c7ccccc7)ccc65)cc4N(c4ccc(-c5ccc6c(c5)C(C)(C)CCC6(C)C)cc4)c4cc(-n5c6ccccc6c6ccccc65)cc(c42)N3c2ccc(-c3ccc4c(c3)C(C)(C)CCC4(C)C)cc2)cc1. The zero-order chi connectivity index (χ0) is 70.2. The Kier molecular flexibility index (Phi) is 14.0. The van der Waals surface area contributed by atoms with Crippen LogP contribution in [0.3, 0.4) is 0 Å². The van der Waals surface area contributed by atoms with Crippen molar-refractivity contribution in [3.8, 4) is 55.9 Å². The van der Waals surface area contributed by atoms with Gasteiger partial charge in [0, 0.05) is 61.4 Å². The Morgan fingerprint density at radius 1 is 0.272 bits per heavy atom. The lowest BCUT2D eigenvalue weighted by Gasteiger charge is -2.44. The summed E-state index contributed by atoms with van der Waals surface area (Å²) in [4.78, 5) is 5.24. The molecule has 4 heterocycles. The Morgan fingerprint density at radius 2 is 0.650 bits per heavy atom. The van der Waals surface area contributed by atoms with Crippen molar-refractivity contribution in [2.24, 2.45) is 0 Å². The van der Waals surface area contributed by atoms with Crippen LogP contribution in [0.5, 0.6) is 0 Å². The Labute approximate surface area is 607 Å². The van der Waals surface area contributed by atoms with E-state index in [4.69, 9.17) is 0 Å². The predicted octanol–water partition coefficient (Wildman–Crippen LogP) is 24.6. The van der Waals surface area contributed by atoms with Gasteiger partial charge in [0.1, 0.15) is 0 Å². The van der Waals surface area contributed by atoms with E-state index in [0.717, 1.165) is 39.8 Å². The van der Waals surface area contributed by atoms with Gasteiger partial charge in [-0.05, 0) is 226 Å². The molecule has 0 radical (unpaired) electrons. The monoisotopic (exact) mass is 1330 g/mol. The summed E-state index contributed by atoms with van der Waals surface area (Å²) < 4.78 is 5.05. The molecule has 0 atom stereocenters. The van der Waals surface area contributed by atoms with Crippen LogP contribution in [-0.4, -0.2) is 15.8 Å². The molecule has 0 N–H and O–H groups in total. The van der Waals surface area contributed by atoms with Crippen molar-refractivity contribution in [1.29, 1.82) is 0 Å². The fourth-order valence-corrected chi connectivity index (χ4v) is 18.5. The highest BCUT2D eigenvalue weighted by molar-refractivity contribution is 7.00. The molecule has 4 nitrogen and oxygen atoms in total. The third-order valence-corrected chi connectivity index (χ3v) is 24.6. The third-order valence-electron chi connectivity index (χ3n) is 24.6. The van der Waals surface area contributed by atoms with E-state index in [2.05, 4.69) is 374 Å². The largest absolute Gasteiger partial charge is 0.311 e. The summed E-state index contributed by atoms with van der Waals surface area (Å²) >= 11 is 0. The molecule has 2 aromatic heterocycles. The van der Waals surface area contributed by atoms with Crippen LogP contribution in [0.2, 0.25) is 0 Å². The highest BCUT2D eigenvalue weighted by atomic mass is 15.2. The molecule has 2 aliphatic carbocycles. The number of rotatable bonds is 8. The van der Waals surface area contributed by atoms with Crippen LogP contribution < -0.4 is 26.2 Å². The zero-order valence-corrected chi connectivity index (χ0v) is 61.3. The van der Waals surface area contributed by atoms with Crippen molar-refractivity contribution >= 4 is 101 Å². The standard InChI is InChI=1S/C98H87BN4/c1-94(2,3)70-39-29-63(30-40-70)69-38-50-89-84(58-69)99-83-48-45-73(102-87-28-20-17-25-77(87)78-55-66(37-49-88(78)102)62-21-13-12-14-22-62)59-90(83)101(72-43-33-65(34-44-72)68-36-47-80-82(57-68)98(10,11)54-52-96(80,6)7)92-61-74(103-85-26-18-15-23-75(85)76-24-16-19-27-86(76)103)60-91(93(92)99)100(89)71-41-31-64(32-42-71)67-35-46-79-81(56-67)97(8,9)53-51-95(79,4)5/h12-50,55-61H,51-54H2,1-11H3. The fourth-order valence-electron chi connectivity index (χ4n) is 18.5. The van der Waals surface area contributed by atoms with Gasteiger partial charge in [0.05, 0.1) is 27.8 Å². The number of para-hydroxylation sites is 3. The van der Waals surface area contributed by atoms with E-state index in [0.29, 0.717) is 0 Å². The van der Waals surface area contributed by atoms with E-state index in [1.807, 2.05) is 0 Å². The van der Waals surface area contributed by atoms with Crippen LogP contribution in [0.1, 0.15) is 130 Å². The summed E-state index contributed by atoms with van der Waals surface area (Å²) in [6.45, 7) is 26.2. The van der Waals surface area contributed by atoms with Crippen molar-refractivity contribution < 1.29 is 0 Å². The van der Waals surface area contributed by atoms with Gasteiger partial charge in [0.15, 0.2) is 0 Å². The zero-order valence-electron chi connectivity index (χ0n) is 61.3. The van der Waals surface area contributed by atoms with E-state index in [-0.39, 0.29) is 33.8 Å². The van der Waals surface area contributed by atoms with E-state index in [9.17, 15) is 0 Å². The Balaban J connectivity index is 0.881. The molecule has 19 rings (SSSR count). The van der Waals surface area contributed by atoms with Gasteiger partial charge in [0.2, 0.25) is 0 Å². The van der Waals surface area contributed by atoms with Gasteiger partial charge >= 0.3 is 0 Å². The molecule has 0 saturated heterocycles. The molecular weight excluding hydrogens is 1240 g/mol. The number of benzene rings is 13. The number of anilines is 6. The molecule has 0 saturated carbocycles. The van der Waals surface area contributed by atoms with Crippen LogP contribution in [0.4, 0.5) is 34.1 Å². The molecule has 2 aliphatic heterocycles. The minimum Gasteiger partial charge on any atom is -0.311 e. The Bertz CT molecular complexity index is 5920. The summed E-state index contributed by atoms with van der Waals surface area (Å²) in [6.07, 6.45) is 4.71. The van der Waals surface area contributed by atoms with Crippen LogP contribution in [-0.2, 0) is 27.1 Å². The summed E-state index contributed by atoms with van der Waals surface area (Å²) in [5.41, 5.74) is 35.0. The summed E-state index contributed by atoms with van der Waals surface area (Å²) in [6, 6.07) is 108. The summed E-state index contributed by atoms with van der Waals surface area (Å²) in [5, 5.41) is 4.93. The molecule has 4 aliphatic rings. The van der Waals surface area contributed by atoms with Crippen LogP contribution in [0.15, 0.2) is 279 Å². The lowest BCUT2D eigenvalue weighted by atomic mass is 9.33. The topological polar surface area (TPSA) is 16.3 Å².